The minimum absolute atomic E-state index is 0.0307. The Labute approximate surface area is 114 Å². The van der Waals surface area contributed by atoms with E-state index in [1.54, 1.807) is 0 Å². The number of carbonyl (C=O) groups is 2. The van der Waals surface area contributed by atoms with Crippen molar-refractivity contribution >= 4 is 12.0 Å². The van der Waals surface area contributed by atoms with Gasteiger partial charge in [-0.15, -0.1) is 0 Å². The van der Waals surface area contributed by atoms with Gasteiger partial charge in [0.05, 0.1) is 0 Å². The summed E-state index contributed by atoms with van der Waals surface area (Å²) in [6.07, 6.45) is 2.89. The molecular weight excluding hydrogens is 244 g/mol. The SMILES string of the molecule is CC1CCC(NC(=O)N2CCC(C)C2C(=O)O)C1C. The summed E-state index contributed by atoms with van der Waals surface area (Å²) in [6, 6.07) is -0.690. The lowest BCUT2D eigenvalue weighted by Gasteiger charge is -2.27. The van der Waals surface area contributed by atoms with Crippen LogP contribution in [-0.2, 0) is 4.79 Å². The van der Waals surface area contributed by atoms with Gasteiger partial charge in [-0.3, -0.25) is 0 Å². The summed E-state index contributed by atoms with van der Waals surface area (Å²) in [7, 11) is 0. The van der Waals surface area contributed by atoms with Gasteiger partial charge in [-0.05, 0) is 37.0 Å². The van der Waals surface area contributed by atoms with Gasteiger partial charge in [0.1, 0.15) is 6.04 Å². The number of aliphatic carboxylic acids is 1. The molecule has 0 radical (unpaired) electrons. The summed E-state index contributed by atoms with van der Waals surface area (Å²) in [6.45, 7) is 6.80. The Bertz CT molecular complexity index is 372. The third kappa shape index (κ3) is 2.69. The molecule has 0 aromatic heterocycles. The Morgan fingerprint density at radius 1 is 1.11 bits per heavy atom. The molecule has 5 nitrogen and oxygen atoms in total. The van der Waals surface area contributed by atoms with E-state index in [1.165, 1.54) is 4.90 Å². The highest BCUT2D eigenvalue weighted by Crippen LogP contribution is 2.32. The van der Waals surface area contributed by atoms with Gasteiger partial charge in [0, 0.05) is 12.6 Å². The molecule has 5 atom stereocenters. The van der Waals surface area contributed by atoms with Crippen molar-refractivity contribution in [1.29, 1.82) is 0 Å². The van der Waals surface area contributed by atoms with E-state index in [1.807, 2.05) is 6.92 Å². The maximum atomic E-state index is 12.3. The summed E-state index contributed by atoms with van der Waals surface area (Å²) < 4.78 is 0. The number of rotatable bonds is 2. The molecule has 0 spiro atoms. The molecule has 19 heavy (non-hydrogen) atoms. The van der Waals surface area contributed by atoms with Crippen molar-refractivity contribution in [3.05, 3.63) is 0 Å². The van der Waals surface area contributed by atoms with Gasteiger partial charge >= 0.3 is 12.0 Å². The predicted octanol–water partition coefficient (Wildman–Crippen LogP) is 1.93. The Balaban J connectivity index is 1.98. The minimum atomic E-state index is -0.895. The first-order valence-corrected chi connectivity index (χ1v) is 7.21. The fourth-order valence-electron chi connectivity index (χ4n) is 3.36. The first kappa shape index (κ1) is 14.2. The number of amides is 2. The number of urea groups is 1. The van der Waals surface area contributed by atoms with Gasteiger partial charge in [-0.1, -0.05) is 20.8 Å². The summed E-state index contributed by atoms with van der Waals surface area (Å²) >= 11 is 0. The zero-order valence-electron chi connectivity index (χ0n) is 11.9. The fraction of sp³-hybridized carbons (Fsp3) is 0.857. The smallest absolute Gasteiger partial charge is 0.326 e. The Hall–Kier alpha value is -1.26. The second-order valence-electron chi connectivity index (χ2n) is 6.21. The summed E-state index contributed by atoms with van der Waals surface area (Å²) in [5.74, 6) is 0.224. The normalized spacial score (nSPS) is 38.5. The number of nitrogens with one attached hydrogen (secondary N) is 1. The molecule has 1 heterocycles. The van der Waals surface area contributed by atoms with E-state index in [9.17, 15) is 14.7 Å². The number of carboxylic acids is 1. The van der Waals surface area contributed by atoms with Crippen molar-refractivity contribution in [2.45, 2.75) is 52.1 Å². The van der Waals surface area contributed by atoms with Crippen LogP contribution in [0.1, 0.15) is 40.0 Å². The van der Waals surface area contributed by atoms with E-state index in [4.69, 9.17) is 0 Å². The van der Waals surface area contributed by atoms with Crippen LogP contribution in [0.4, 0.5) is 4.79 Å². The first-order valence-electron chi connectivity index (χ1n) is 7.21. The standard InChI is InChI=1S/C14H24N2O3/c1-8-4-5-11(10(8)3)15-14(19)16-7-6-9(2)12(16)13(17)18/h8-12H,4-7H2,1-3H3,(H,15,19)(H,17,18). The van der Waals surface area contributed by atoms with Crippen molar-refractivity contribution in [3.63, 3.8) is 0 Å². The van der Waals surface area contributed by atoms with E-state index >= 15 is 0 Å². The zero-order valence-corrected chi connectivity index (χ0v) is 11.9. The van der Waals surface area contributed by atoms with Crippen molar-refractivity contribution in [2.24, 2.45) is 17.8 Å². The van der Waals surface area contributed by atoms with Gasteiger partial charge in [0.2, 0.25) is 0 Å². The van der Waals surface area contributed by atoms with Crippen LogP contribution in [-0.4, -0.2) is 40.6 Å². The molecule has 2 fully saturated rings. The summed E-state index contributed by atoms with van der Waals surface area (Å²) in [5, 5.41) is 12.3. The average Bonchev–Trinajstić information content (AvgIpc) is 2.87. The number of hydrogen-bond donors (Lipinski definition) is 2. The molecule has 2 rings (SSSR count). The predicted molar refractivity (Wildman–Crippen MR) is 71.8 cm³/mol. The summed E-state index contributed by atoms with van der Waals surface area (Å²) in [5.41, 5.74) is 0. The molecule has 0 bridgehead atoms. The molecule has 5 unspecified atom stereocenters. The highest BCUT2D eigenvalue weighted by atomic mass is 16.4. The molecular formula is C14H24N2O3. The molecule has 2 amide bonds. The van der Waals surface area contributed by atoms with Crippen LogP contribution >= 0.6 is 0 Å². The molecule has 0 aromatic rings. The van der Waals surface area contributed by atoms with Gasteiger partial charge in [0.25, 0.3) is 0 Å². The molecule has 2 aliphatic rings. The number of hydrogen-bond acceptors (Lipinski definition) is 2. The number of carbonyl (C=O) groups excluding carboxylic acids is 1. The monoisotopic (exact) mass is 268 g/mol. The quantitative estimate of drug-likeness (QED) is 0.804. The van der Waals surface area contributed by atoms with Crippen LogP contribution in [0, 0.1) is 17.8 Å². The second-order valence-corrected chi connectivity index (χ2v) is 6.21. The van der Waals surface area contributed by atoms with E-state index < -0.39 is 12.0 Å². The van der Waals surface area contributed by atoms with Crippen molar-refractivity contribution in [1.82, 2.24) is 10.2 Å². The molecule has 5 heteroatoms. The lowest BCUT2D eigenvalue weighted by molar-refractivity contribution is -0.142. The molecule has 0 aromatic carbocycles. The highest BCUT2D eigenvalue weighted by molar-refractivity contribution is 5.83. The fourth-order valence-corrected chi connectivity index (χ4v) is 3.36. The molecule has 108 valence electrons. The van der Waals surface area contributed by atoms with Crippen molar-refractivity contribution < 1.29 is 14.7 Å². The van der Waals surface area contributed by atoms with Crippen LogP contribution in [0.25, 0.3) is 0 Å². The Morgan fingerprint density at radius 3 is 2.32 bits per heavy atom. The second kappa shape index (κ2) is 5.39. The lowest BCUT2D eigenvalue weighted by Crippen LogP contribution is -2.50. The van der Waals surface area contributed by atoms with Crippen LogP contribution in [0.3, 0.4) is 0 Å². The van der Waals surface area contributed by atoms with Crippen LogP contribution < -0.4 is 5.32 Å². The maximum Gasteiger partial charge on any atom is 0.326 e. The zero-order chi connectivity index (χ0) is 14.2. The van der Waals surface area contributed by atoms with Gasteiger partial charge in [0.15, 0.2) is 0 Å². The molecule has 1 saturated heterocycles. The molecule has 1 aliphatic heterocycles. The maximum absolute atomic E-state index is 12.3. The molecule has 1 saturated carbocycles. The van der Waals surface area contributed by atoms with E-state index in [0.717, 1.165) is 19.3 Å². The van der Waals surface area contributed by atoms with E-state index in [2.05, 4.69) is 19.2 Å². The third-order valence-corrected chi connectivity index (χ3v) is 4.99. The average molecular weight is 268 g/mol. The first-order chi connectivity index (χ1) is 8.91. The number of nitrogens with zero attached hydrogens (tertiary/aromatic N) is 1. The van der Waals surface area contributed by atoms with Gasteiger partial charge in [-0.2, -0.15) is 0 Å². The summed E-state index contributed by atoms with van der Waals surface area (Å²) in [4.78, 5) is 25.0. The van der Waals surface area contributed by atoms with Gasteiger partial charge < -0.3 is 15.3 Å². The van der Waals surface area contributed by atoms with Crippen LogP contribution in [0.5, 0.6) is 0 Å². The number of likely N-dealkylation sites (tertiary alicyclic amines) is 1. The van der Waals surface area contributed by atoms with Crippen molar-refractivity contribution in [2.75, 3.05) is 6.54 Å². The highest BCUT2D eigenvalue weighted by Gasteiger charge is 2.41. The van der Waals surface area contributed by atoms with Crippen LogP contribution in [0.2, 0.25) is 0 Å². The van der Waals surface area contributed by atoms with Gasteiger partial charge in [-0.25, -0.2) is 9.59 Å². The Kier molecular flexibility index (Phi) is 4.02. The largest absolute Gasteiger partial charge is 0.480 e. The Morgan fingerprint density at radius 2 is 1.79 bits per heavy atom. The topological polar surface area (TPSA) is 69.6 Å². The lowest BCUT2D eigenvalue weighted by atomic mass is 9.98. The van der Waals surface area contributed by atoms with Crippen molar-refractivity contribution in [3.8, 4) is 0 Å². The van der Waals surface area contributed by atoms with Crippen LogP contribution in [0.15, 0.2) is 0 Å². The number of carboxylic acid groups (broad SMARTS) is 1. The van der Waals surface area contributed by atoms with E-state index in [-0.39, 0.29) is 18.0 Å². The van der Waals surface area contributed by atoms with E-state index in [0.29, 0.717) is 18.4 Å². The minimum Gasteiger partial charge on any atom is -0.480 e. The molecule has 1 aliphatic carbocycles. The third-order valence-electron chi connectivity index (χ3n) is 4.99. The molecule has 2 N–H and O–H groups in total.